The maximum absolute atomic E-state index is 12.9. The van der Waals surface area contributed by atoms with Crippen molar-refractivity contribution >= 4 is 28.5 Å². The van der Waals surface area contributed by atoms with E-state index in [0.717, 1.165) is 11.3 Å². The molecule has 0 aromatic heterocycles. The molecule has 2 aromatic rings. The summed E-state index contributed by atoms with van der Waals surface area (Å²) in [4.78, 5) is 19.2. The maximum atomic E-state index is 12.9. The number of hydrogen-bond acceptors (Lipinski definition) is 4. The molecule has 4 nitrogen and oxygen atoms in total. The van der Waals surface area contributed by atoms with Gasteiger partial charge in [-0.3, -0.25) is 9.69 Å². The van der Waals surface area contributed by atoms with Gasteiger partial charge in [-0.2, -0.15) is 5.26 Å². The Morgan fingerprint density at radius 1 is 1.29 bits per heavy atom. The zero-order chi connectivity index (χ0) is 17.1. The highest BCUT2D eigenvalue weighted by molar-refractivity contribution is 8.14. The molecule has 0 N–H and O–H groups in total. The van der Waals surface area contributed by atoms with Crippen LogP contribution in [0.3, 0.4) is 0 Å². The van der Waals surface area contributed by atoms with Crippen LogP contribution in [0.2, 0.25) is 0 Å². The Bertz CT molecular complexity index is 854. The number of nitrogens with zero attached hydrogens (tertiary/aromatic N) is 3. The molecule has 1 atom stereocenters. The molecule has 0 saturated carbocycles. The molecule has 0 radical (unpaired) electrons. The molecule has 24 heavy (non-hydrogen) atoms. The van der Waals surface area contributed by atoms with Crippen LogP contribution < -0.4 is 0 Å². The summed E-state index contributed by atoms with van der Waals surface area (Å²) in [7, 11) is 0. The van der Waals surface area contributed by atoms with Crippen molar-refractivity contribution in [3.63, 3.8) is 0 Å². The molecule has 1 fully saturated rings. The van der Waals surface area contributed by atoms with Gasteiger partial charge in [-0.1, -0.05) is 36.9 Å². The molecule has 0 aliphatic carbocycles. The third-order valence-electron chi connectivity index (χ3n) is 3.69. The first-order chi connectivity index (χ1) is 11.6. The van der Waals surface area contributed by atoms with Crippen LogP contribution in [0.4, 0.5) is 5.69 Å². The largest absolute Gasteiger partial charge is 0.286 e. The van der Waals surface area contributed by atoms with Crippen molar-refractivity contribution in [3.8, 4) is 6.07 Å². The van der Waals surface area contributed by atoms with E-state index < -0.39 is 0 Å². The summed E-state index contributed by atoms with van der Waals surface area (Å²) < 4.78 is 0. The van der Waals surface area contributed by atoms with Gasteiger partial charge in [0, 0.05) is 17.4 Å². The van der Waals surface area contributed by atoms with Gasteiger partial charge in [0.15, 0.2) is 5.17 Å². The fraction of sp³-hybridized carbons (Fsp3) is 0.211. The third kappa shape index (κ3) is 3.50. The molecular weight excluding hydrogens is 318 g/mol. The van der Waals surface area contributed by atoms with Gasteiger partial charge in [-0.15, -0.1) is 0 Å². The number of benzene rings is 2. The second kappa shape index (κ2) is 6.90. The fourth-order valence-electron chi connectivity index (χ4n) is 2.56. The summed E-state index contributed by atoms with van der Waals surface area (Å²) in [5.74, 6) is -0.115. The SMILES string of the molecule is Cc1cccc(N=C2S[C@@H](C)CN2C(=O)c2cccc(C#N)c2)c1. The van der Waals surface area contributed by atoms with Gasteiger partial charge in [0.05, 0.1) is 17.3 Å². The van der Waals surface area contributed by atoms with Crippen molar-refractivity contribution in [1.29, 1.82) is 5.26 Å². The monoisotopic (exact) mass is 335 g/mol. The summed E-state index contributed by atoms with van der Waals surface area (Å²) in [6.45, 7) is 4.71. The number of rotatable bonds is 2. The van der Waals surface area contributed by atoms with E-state index in [0.29, 0.717) is 22.8 Å². The van der Waals surface area contributed by atoms with Crippen LogP contribution in [0.25, 0.3) is 0 Å². The quantitative estimate of drug-likeness (QED) is 0.829. The van der Waals surface area contributed by atoms with Gasteiger partial charge in [-0.25, -0.2) is 4.99 Å². The Morgan fingerprint density at radius 2 is 2.08 bits per heavy atom. The van der Waals surface area contributed by atoms with E-state index in [1.54, 1.807) is 40.9 Å². The van der Waals surface area contributed by atoms with Crippen LogP contribution in [0.1, 0.15) is 28.4 Å². The third-order valence-corrected chi connectivity index (χ3v) is 4.76. The normalized spacial score (nSPS) is 18.6. The molecule has 5 heteroatoms. The molecule has 0 bridgehead atoms. The summed E-state index contributed by atoms with van der Waals surface area (Å²) in [6.07, 6.45) is 0. The fourth-order valence-corrected chi connectivity index (χ4v) is 3.58. The smallest absolute Gasteiger partial charge is 0.259 e. The van der Waals surface area contributed by atoms with Gasteiger partial charge < -0.3 is 0 Å². The van der Waals surface area contributed by atoms with Gasteiger partial charge in [-0.05, 0) is 42.8 Å². The summed E-state index contributed by atoms with van der Waals surface area (Å²) in [5, 5.41) is 10.0. The number of aliphatic imine (C=N–C) groups is 1. The summed E-state index contributed by atoms with van der Waals surface area (Å²) in [6, 6.07) is 16.8. The first-order valence-corrected chi connectivity index (χ1v) is 8.59. The minimum absolute atomic E-state index is 0.115. The number of carbonyl (C=O) groups excluding carboxylic acids is 1. The lowest BCUT2D eigenvalue weighted by Gasteiger charge is -2.16. The average Bonchev–Trinajstić information content (AvgIpc) is 2.94. The molecular formula is C19H17N3OS. The Kier molecular flexibility index (Phi) is 4.68. The molecule has 0 unspecified atom stereocenters. The Labute approximate surface area is 145 Å². The second-order valence-corrected chi connectivity index (χ2v) is 7.18. The standard InChI is InChI=1S/C19H17N3OS/c1-13-5-3-8-17(9-13)21-19-22(12-14(2)24-19)18(23)16-7-4-6-15(10-16)11-20/h3-10,14H,12H2,1-2H3/t14-/m0/s1. The lowest BCUT2D eigenvalue weighted by Crippen LogP contribution is -2.32. The molecule has 0 spiro atoms. The van der Waals surface area contributed by atoms with Crippen molar-refractivity contribution in [1.82, 2.24) is 4.90 Å². The molecule has 3 rings (SSSR count). The van der Waals surface area contributed by atoms with Crippen LogP contribution in [0, 0.1) is 18.3 Å². The average molecular weight is 335 g/mol. The zero-order valence-electron chi connectivity index (χ0n) is 13.6. The number of carbonyl (C=O) groups is 1. The molecule has 1 amide bonds. The minimum Gasteiger partial charge on any atom is -0.286 e. The molecule has 2 aromatic carbocycles. The van der Waals surface area contributed by atoms with Crippen LogP contribution in [-0.2, 0) is 0 Å². The van der Waals surface area contributed by atoms with E-state index in [2.05, 4.69) is 18.0 Å². The predicted octanol–water partition coefficient (Wildman–Crippen LogP) is 4.13. The molecule has 120 valence electrons. The van der Waals surface area contributed by atoms with Gasteiger partial charge in [0.1, 0.15) is 0 Å². The van der Waals surface area contributed by atoms with Crippen molar-refractivity contribution in [2.45, 2.75) is 19.1 Å². The topological polar surface area (TPSA) is 56.5 Å². The highest BCUT2D eigenvalue weighted by Gasteiger charge is 2.31. The number of aryl methyl sites for hydroxylation is 1. The van der Waals surface area contributed by atoms with E-state index in [-0.39, 0.29) is 11.2 Å². The van der Waals surface area contributed by atoms with E-state index in [9.17, 15) is 4.79 Å². The highest BCUT2D eigenvalue weighted by Crippen LogP contribution is 2.29. The van der Waals surface area contributed by atoms with Gasteiger partial charge >= 0.3 is 0 Å². The number of nitriles is 1. The predicted molar refractivity (Wildman–Crippen MR) is 97.5 cm³/mol. The first-order valence-electron chi connectivity index (χ1n) is 7.71. The number of amides is 1. The van der Waals surface area contributed by atoms with Gasteiger partial charge in [0.2, 0.25) is 0 Å². The van der Waals surface area contributed by atoms with E-state index in [1.807, 2.05) is 31.2 Å². The van der Waals surface area contributed by atoms with E-state index in [1.165, 1.54) is 0 Å². The maximum Gasteiger partial charge on any atom is 0.259 e. The minimum atomic E-state index is -0.115. The first kappa shape index (κ1) is 16.3. The lowest BCUT2D eigenvalue weighted by molar-refractivity contribution is 0.0855. The highest BCUT2D eigenvalue weighted by atomic mass is 32.2. The number of amidine groups is 1. The van der Waals surface area contributed by atoms with Crippen molar-refractivity contribution in [2.75, 3.05) is 6.54 Å². The summed E-state index contributed by atoms with van der Waals surface area (Å²) in [5.41, 5.74) is 2.97. The molecule has 1 saturated heterocycles. The van der Waals surface area contributed by atoms with Crippen LogP contribution in [-0.4, -0.2) is 27.8 Å². The van der Waals surface area contributed by atoms with Crippen LogP contribution >= 0.6 is 11.8 Å². The van der Waals surface area contributed by atoms with Crippen LogP contribution in [0.5, 0.6) is 0 Å². The Morgan fingerprint density at radius 3 is 2.83 bits per heavy atom. The van der Waals surface area contributed by atoms with Gasteiger partial charge in [0.25, 0.3) is 5.91 Å². The number of thioether (sulfide) groups is 1. The Hall–Kier alpha value is -2.58. The lowest BCUT2D eigenvalue weighted by atomic mass is 10.1. The van der Waals surface area contributed by atoms with Crippen molar-refractivity contribution in [3.05, 3.63) is 65.2 Å². The second-order valence-electron chi connectivity index (χ2n) is 5.77. The van der Waals surface area contributed by atoms with Crippen molar-refractivity contribution in [2.24, 2.45) is 4.99 Å². The molecule has 1 aliphatic heterocycles. The molecule has 1 aliphatic rings. The van der Waals surface area contributed by atoms with E-state index >= 15 is 0 Å². The molecule has 1 heterocycles. The van der Waals surface area contributed by atoms with E-state index in [4.69, 9.17) is 5.26 Å². The Balaban J connectivity index is 1.93. The zero-order valence-corrected chi connectivity index (χ0v) is 14.4. The van der Waals surface area contributed by atoms with Crippen LogP contribution in [0.15, 0.2) is 53.5 Å². The number of hydrogen-bond donors (Lipinski definition) is 0. The van der Waals surface area contributed by atoms with Crippen molar-refractivity contribution < 1.29 is 4.79 Å². The summed E-state index contributed by atoms with van der Waals surface area (Å²) >= 11 is 1.60.